The van der Waals surface area contributed by atoms with E-state index in [1.54, 1.807) is 12.1 Å². The third-order valence-electron chi connectivity index (χ3n) is 3.25. The lowest BCUT2D eigenvalue weighted by atomic mass is 9.94. The maximum atomic E-state index is 10.7. The van der Waals surface area contributed by atoms with Crippen molar-refractivity contribution in [2.75, 3.05) is 6.54 Å². The first kappa shape index (κ1) is 14.6. The number of nitro benzene ring substituents is 1. The summed E-state index contributed by atoms with van der Waals surface area (Å²) in [5.41, 5.74) is 2.34. The van der Waals surface area contributed by atoms with Crippen molar-refractivity contribution >= 4 is 5.69 Å². The Balaban J connectivity index is 2.86. The molecule has 100 valence electrons. The number of non-ortho nitro benzene ring substituents is 1. The van der Waals surface area contributed by atoms with Gasteiger partial charge in [0.1, 0.15) is 0 Å². The van der Waals surface area contributed by atoms with E-state index in [1.165, 1.54) is 5.56 Å². The molecule has 4 heteroatoms. The lowest BCUT2D eigenvalue weighted by molar-refractivity contribution is -0.384. The summed E-state index contributed by atoms with van der Waals surface area (Å²) in [5, 5.41) is 14.2. The summed E-state index contributed by atoms with van der Waals surface area (Å²) in [4.78, 5) is 10.3. The number of likely N-dealkylation sites (N-methyl/N-ethyl adjacent to an activating group) is 1. The predicted octanol–water partition coefficient (Wildman–Crippen LogP) is 3.08. The van der Waals surface area contributed by atoms with Crippen molar-refractivity contribution in [3.63, 3.8) is 0 Å². The molecule has 0 saturated heterocycles. The molecule has 18 heavy (non-hydrogen) atoms. The highest BCUT2D eigenvalue weighted by atomic mass is 16.6. The second-order valence-corrected chi connectivity index (χ2v) is 4.98. The zero-order valence-electron chi connectivity index (χ0n) is 11.6. The number of nitrogens with one attached hydrogen (secondary N) is 1. The van der Waals surface area contributed by atoms with Crippen LogP contribution in [-0.2, 0) is 6.42 Å². The summed E-state index contributed by atoms with van der Waals surface area (Å²) in [7, 11) is 0. The molecule has 0 heterocycles. The van der Waals surface area contributed by atoms with Crippen LogP contribution in [0.4, 0.5) is 5.69 Å². The maximum Gasteiger partial charge on any atom is 0.269 e. The molecule has 1 atom stereocenters. The summed E-state index contributed by atoms with van der Waals surface area (Å²) in [6.45, 7) is 9.35. The lowest BCUT2D eigenvalue weighted by Crippen LogP contribution is -2.35. The van der Waals surface area contributed by atoms with E-state index < -0.39 is 0 Å². The van der Waals surface area contributed by atoms with Gasteiger partial charge in [0.15, 0.2) is 0 Å². The van der Waals surface area contributed by atoms with Gasteiger partial charge in [-0.25, -0.2) is 0 Å². The number of benzene rings is 1. The summed E-state index contributed by atoms with van der Waals surface area (Å²) in [5.74, 6) is 0.541. The Bertz CT molecular complexity index is 416. The van der Waals surface area contributed by atoms with Gasteiger partial charge in [-0.2, -0.15) is 0 Å². The Hall–Kier alpha value is -1.42. The zero-order chi connectivity index (χ0) is 13.7. The van der Waals surface area contributed by atoms with Crippen LogP contribution in [0.3, 0.4) is 0 Å². The topological polar surface area (TPSA) is 55.2 Å². The molecule has 0 aliphatic carbocycles. The maximum absolute atomic E-state index is 10.7. The molecule has 1 N–H and O–H groups in total. The number of nitrogens with zero attached hydrogens (tertiary/aromatic N) is 1. The van der Waals surface area contributed by atoms with Crippen LogP contribution in [0.2, 0.25) is 0 Å². The fourth-order valence-corrected chi connectivity index (χ4v) is 2.07. The minimum atomic E-state index is -0.346. The van der Waals surface area contributed by atoms with E-state index in [1.807, 2.05) is 13.0 Å². The van der Waals surface area contributed by atoms with E-state index in [9.17, 15) is 10.1 Å². The standard InChI is InChI=1S/C14H22N2O2/c1-5-15-14(10(2)3)9-12-6-7-13(16(17)18)8-11(12)4/h6-8,10,14-15H,5,9H2,1-4H3. The first-order chi connectivity index (χ1) is 8.45. The van der Waals surface area contributed by atoms with Crippen LogP contribution in [0.15, 0.2) is 18.2 Å². The lowest BCUT2D eigenvalue weighted by Gasteiger charge is -2.22. The molecule has 0 bridgehead atoms. The van der Waals surface area contributed by atoms with Crippen LogP contribution in [0.1, 0.15) is 31.9 Å². The average molecular weight is 250 g/mol. The smallest absolute Gasteiger partial charge is 0.269 e. The molecule has 0 aliphatic heterocycles. The largest absolute Gasteiger partial charge is 0.314 e. The van der Waals surface area contributed by atoms with Crippen molar-refractivity contribution in [3.8, 4) is 0 Å². The Morgan fingerprint density at radius 1 is 1.39 bits per heavy atom. The van der Waals surface area contributed by atoms with Gasteiger partial charge in [-0.1, -0.05) is 26.8 Å². The van der Waals surface area contributed by atoms with Crippen molar-refractivity contribution in [2.45, 2.75) is 40.2 Å². The van der Waals surface area contributed by atoms with Gasteiger partial charge in [-0.05, 0) is 36.9 Å². The Morgan fingerprint density at radius 2 is 2.06 bits per heavy atom. The Morgan fingerprint density at radius 3 is 2.50 bits per heavy atom. The molecule has 0 aliphatic rings. The van der Waals surface area contributed by atoms with Crippen molar-refractivity contribution in [1.82, 2.24) is 5.32 Å². The molecular formula is C14H22N2O2. The zero-order valence-corrected chi connectivity index (χ0v) is 11.6. The summed E-state index contributed by atoms with van der Waals surface area (Å²) < 4.78 is 0. The van der Waals surface area contributed by atoms with Crippen LogP contribution < -0.4 is 5.32 Å². The number of rotatable bonds is 6. The van der Waals surface area contributed by atoms with E-state index in [4.69, 9.17) is 0 Å². The van der Waals surface area contributed by atoms with Gasteiger partial charge in [0.2, 0.25) is 0 Å². The molecule has 0 spiro atoms. The van der Waals surface area contributed by atoms with Crippen molar-refractivity contribution in [2.24, 2.45) is 5.92 Å². The van der Waals surface area contributed by atoms with E-state index in [-0.39, 0.29) is 10.6 Å². The minimum Gasteiger partial charge on any atom is -0.314 e. The SMILES string of the molecule is CCNC(Cc1ccc([N+](=O)[O-])cc1C)C(C)C. The molecular weight excluding hydrogens is 228 g/mol. The molecule has 1 unspecified atom stereocenters. The van der Waals surface area contributed by atoms with E-state index in [0.29, 0.717) is 12.0 Å². The molecule has 1 rings (SSSR count). The van der Waals surface area contributed by atoms with Crippen LogP contribution in [-0.4, -0.2) is 17.5 Å². The minimum absolute atomic E-state index is 0.167. The number of hydrogen-bond acceptors (Lipinski definition) is 3. The Kier molecular flexibility index (Phi) is 5.28. The molecule has 0 radical (unpaired) electrons. The van der Waals surface area contributed by atoms with Gasteiger partial charge in [-0.3, -0.25) is 10.1 Å². The summed E-state index contributed by atoms with van der Waals surface area (Å²) in [6, 6.07) is 5.53. The molecule has 4 nitrogen and oxygen atoms in total. The molecule has 0 fully saturated rings. The number of aryl methyl sites for hydroxylation is 1. The van der Waals surface area contributed by atoms with Gasteiger partial charge in [0, 0.05) is 18.2 Å². The third kappa shape index (κ3) is 3.81. The first-order valence-electron chi connectivity index (χ1n) is 6.43. The average Bonchev–Trinajstić information content (AvgIpc) is 2.30. The van der Waals surface area contributed by atoms with E-state index >= 15 is 0 Å². The third-order valence-corrected chi connectivity index (χ3v) is 3.25. The molecule has 1 aromatic rings. The second-order valence-electron chi connectivity index (χ2n) is 4.98. The van der Waals surface area contributed by atoms with Gasteiger partial charge in [0.05, 0.1) is 4.92 Å². The Labute approximate surface area is 109 Å². The van der Waals surface area contributed by atoms with E-state index in [0.717, 1.165) is 18.5 Å². The predicted molar refractivity (Wildman–Crippen MR) is 73.8 cm³/mol. The van der Waals surface area contributed by atoms with Crippen molar-refractivity contribution < 1.29 is 4.92 Å². The highest BCUT2D eigenvalue weighted by Gasteiger charge is 2.15. The number of hydrogen-bond donors (Lipinski definition) is 1. The highest BCUT2D eigenvalue weighted by molar-refractivity contribution is 5.39. The van der Waals surface area contributed by atoms with Gasteiger partial charge < -0.3 is 5.32 Å². The van der Waals surface area contributed by atoms with Crippen LogP contribution in [0.5, 0.6) is 0 Å². The monoisotopic (exact) mass is 250 g/mol. The normalized spacial score (nSPS) is 12.7. The first-order valence-corrected chi connectivity index (χ1v) is 6.43. The quantitative estimate of drug-likeness (QED) is 0.623. The van der Waals surface area contributed by atoms with Crippen LogP contribution >= 0.6 is 0 Å². The summed E-state index contributed by atoms with van der Waals surface area (Å²) >= 11 is 0. The van der Waals surface area contributed by atoms with Crippen LogP contribution in [0, 0.1) is 23.0 Å². The van der Waals surface area contributed by atoms with Gasteiger partial charge >= 0.3 is 0 Å². The van der Waals surface area contributed by atoms with Crippen LogP contribution in [0.25, 0.3) is 0 Å². The molecule has 1 aromatic carbocycles. The molecule has 0 aromatic heterocycles. The summed E-state index contributed by atoms with van der Waals surface area (Å²) in [6.07, 6.45) is 0.912. The molecule has 0 saturated carbocycles. The van der Waals surface area contributed by atoms with Gasteiger partial charge in [0.25, 0.3) is 5.69 Å². The molecule has 0 amide bonds. The van der Waals surface area contributed by atoms with E-state index in [2.05, 4.69) is 26.1 Å². The van der Waals surface area contributed by atoms with Crippen molar-refractivity contribution in [1.29, 1.82) is 0 Å². The fraction of sp³-hybridized carbons (Fsp3) is 0.571. The van der Waals surface area contributed by atoms with Gasteiger partial charge in [-0.15, -0.1) is 0 Å². The number of nitro groups is 1. The fourth-order valence-electron chi connectivity index (χ4n) is 2.07. The second kappa shape index (κ2) is 6.50. The van der Waals surface area contributed by atoms with Crippen molar-refractivity contribution in [3.05, 3.63) is 39.4 Å². The highest BCUT2D eigenvalue weighted by Crippen LogP contribution is 2.19.